The van der Waals surface area contributed by atoms with Gasteiger partial charge in [-0.25, -0.2) is 8.42 Å². The first-order valence-electron chi connectivity index (χ1n) is 6.22. The van der Waals surface area contributed by atoms with Crippen LogP contribution in [0.2, 0.25) is 0 Å². The molecule has 110 valence electrons. The number of hydrogen-bond acceptors (Lipinski definition) is 5. The minimum Gasteiger partial charge on any atom is -0.388 e. The summed E-state index contributed by atoms with van der Waals surface area (Å²) in [6, 6.07) is 2.99. The third-order valence-electron chi connectivity index (χ3n) is 3.01. The van der Waals surface area contributed by atoms with Crippen molar-refractivity contribution in [1.29, 1.82) is 0 Å². The van der Waals surface area contributed by atoms with Gasteiger partial charge in [-0.05, 0) is 26.0 Å². The predicted molar refractivity (Wildman–Crippen MR) is 78.9 cm³/mol. The van der Waals surface area contributed by atoms with Crippen LogP contribution in [0.15, 0.2) is 23.2 Å². The number of nitrogens with zero attached hydrogens (tertiary/aromatic N) is 2. The third-order valence-corrected chi connectivity index (χ3v) is 5.04. The quantitative estimate of drug-likeness (QED) is 0.818. The highest BCUT2D eigenvalue weighted by Gasteiger charge is 2.32. The van der Waals surface area contributed by atoms with E-state index in [2.05, 4.69) is 4.98 Å². The number of morpholine rings is 1. The SMILES string of the molecule is CC1CN(S(=O)(=O)c2ccc(C(N)=S)nc2)CC(C)O1. The van der Waals surface area contributed by atoms with Crippen molar-refractivity contribution in [1.82, 2.24) is 9.29 Å². The fourth-order valence-corrected chi connectivity index (χ4v) is 3.81. The van der Waals surface area contributed by atoms with Gasteiger partial charge in [-0.2, -0.15) is 4.31 Å². The van der Waals surface area contributed by atoms with Gasteiger partial charge in [-0.1, -0.05) is 12.2 Å². The molecular weight excluding hydrogens is 298 g/mol. The fourth-order valence-electron chi connectivity index (χ4n) is 2.15. The second-order valence-corrected chi connectivity index (χ2v) is 7.20. The summed E-state index contributed by atoms with van der Waals surface area (Å²) >= 11 is 4.79. The highest BCUT2D eigenvalue weighted by molar-refractivity contribution is 7.89. The standard InChI is InChI=1S/C12H17N3O3S2/c1-8-6-15(7-9(2)18-8)20(16,17)10-3-4-11(12(13)19)14-5-10/h3-5,8-9H,6-7H2,1-2H3,(H2,13,19). The molecule has 0 spiro atoms. The maximum atomic E-state index is 12.5. The molecular formula is C12H17N3O3S2. The Morgan fingerprint density at radius 3 is 2.45 bits per heavy atom. The lowest BCUT2D eigenvalue weighted by Gasteiger charge is -2.34. The molecule has 0 radical (unpaired) electrons. The van der Waals surface area contributed by atoms with Crippen LogP contribution >= 0.6 is 12.2 Å². The van der Waals surface area contributed by atoms with Crippen LogP contribution in [0.1, 0.15) is 19.5 Å². The van der Waals surface area contributed by atoms with Gasteiger partial charge >= 0.3 is 0 Å². The van der Waals surface area contributed by atoms with Crippen molar-refractivity contribution in [3.8, 4) is 0 Å². The summed E-state index contributed by atoms with van der Waals surface area (Å²) in [7, 11) is -3.56. The third kappa shape index (κ3) is 3.14. The summed E-state index contributed by atoms with van der Waals surface area (Å²) < 4.78 is 32.0. The molecule has 8 heteroatoms. The van der Waals surface area contributed by atoms with E-state index in [9.17, 15) is 8.42 Å². The zero-order chi connectivity index (χ0) is 14.9. The molecule has 1 aliphatic heterocycles. The monoisotopic (exact) mass is 315 g/mol. The normalized spacial score (nSPS) is 24.5. The summed E-state index contributed by atoms with van der Waals surface area (Å²) in [5, 5.41) is 0. The Kier molecular flexibility index (Phi) is 4.38. The molecule has 1 aliphatic rings. The van der Waals surface area contributed by atoms with Crippen LogP contribution in [0.4, 0.5) is 0 Å². The zero-order valence-corrected chi connectivity index (χ0v) is 12.9. The lowest BCUT2D eigenvalue weighted by Crippen LogP contribution is -2.48. The van der Waals surface area contributed by atoms with Crippen LogP contribution in [-0.4, -0.2) is 48.0 Å². The van der Waals surface area contributed by atoms with Crippen LogP contribution in [0, 0.1) is 0 Å². The molecule has 0 saturated carbocycles. The first kappa shape index (κ1) is 15.3. The summed E-state index contributed by atoms with van der Waals surface area (Å²) in [6.07, 6.45) is 1.03. The second kappa shape index (κ2) is 5.72. The smallest absolute Gasteiger partial charge is 0.244 e. The number of ether oxygens (including phenoxy) is 1. The minimum absolute atomic E-state index is 0.127. The highest BCUT2D eigenvalue weighted by atomic mass is 32.2. The Morgan fingerprint density at radius 2 is 2.00 bits per heavy atom. The first-order valence-corrected chi connectivity index (χ1v) is 8.07. The van der Waals surface area contributed by atoms with E-state index in [0.29, 0.717) is 18.8 Å². The lowest BCUT2D eigenvalue weighted by atomic mass is 10.3. The van der Waals surface area contributed by atoms with Gasteiger partial charge in [0.1, 0.15) is 9.88 Å². The molecule has 2 N–H and O–H groups in total. The molecule has 0 aliphatic carbocycles. The van der Waals surface area contributed by atoms with E-state index < -0.39 is 10.0 Å². The van der Waals surface area contributed by atoms with Crippen molar-refractivity contribution in [2.75, 3.05) is 13.1 Å². The van der Waals surface area contributed by atoms with Crippen molar-refractivity contribution in [3.05, 3.63) is 24.0 Å². The first-order chi connectivity index (χ1) is 9.30. The molecule has 1 saturated heterocycles. The number of pyridine rings is 1. The summed E-state index contributed by atoms with van der Waals surface area (Å²) in [5.41, 5.74) is 5.85. The molecule has 2 atom stereocenters. The highest BCUT2D eigenvalue weighted by Crippen LogP contribution is 2.20. The van der Waals surface area contributed by atoms with Crippen molar-refractivity contribution in [3.63, 3.8) is 0 Å². The van der Waals surface area contributed by atoms with Gasteiger partial charge in [0.15, 0.2) is 0 Å². The van der Waals surface area contributed by atoms with Gasteiger partial charge in [0, 0.05) is 19.3 Å². The minimum atomic E-state index is -3.56. The predicted octanol–water partition coefficient (Wildman–Crippen LogP) is 0.514. The Morgan fingerprint density at radius 1 is 1.40 bits per heavy atom. The number of thiocarbonyl (C=S) groups is 1. The van der Waals surface area contributed by atoms with E-state index >= 15 is 0 Å². The van der Waals surface area contributed by atoms with E-state index in [-0.39, 0.29) is 22.1 Å². The van der Waals surface area contributed by atoms with Crippen molar-refractivity contribution in [2.45, 2.75) is 31.0 Å². The second-order valence-electron chi connectivity index (χ2n) is 4.82. The van der Waals surface area contributed by atoms with Gasteiger partial charge in [0.05, 0.1) is 17.9 Å². The average Bonchev–Trinajstić information content (AvgIpc) is 2.37. The molecule has 1 aromatic heterocycles. The van der Waals surface area contributed by atoms with Crippen molar-refractivity contribution in [2.24, 2.45) is 5.73 Å². The molecule has 6 nitrogen and oxygen atoms in total. The van der Waals surface area contributed by atoms with E-state index in [4.69, 9.17) is 22.7 Å². The molecule has 2 heterocycles. The molecule has 1 aromatic rings. The average molecular weight is 315 g/mol. The van der Waals surface area contributed by atoms with Crippen molar-refractivity contribution >= 4 is 27.2 Å². The molecule has 0 aromatic carbocycles. The van der Waals surface area contributed by atoms with Gasteiger partial charge in [0.2, 0.25) is 10.0 Å². The largest absolute Gasteiger partial charge is 0.388 e. The molecule has 0 amide bonds. The summed E-state index contributed by atoms with van der Waals surface area (Å²) in [5.74, 6) is 0. The topological polar surface area (TPSA) is 85.5 Å². The van der Waals surface area contributed by atoms with E-state index in [1.54, 1.807) is 0 Å². The number of aromatic nitrogens is 1. The van der Waals surface area contributed by atoms with Crippen LogP contribution in [0.3, 0.4) is 0 Å². The maximum absolute atomic E-state index is 12.5. The zero-order valence-electron chi connectivity index (χ0n) is 11.3. The molecule has 0 bridgehead atoms. The van der Waals surface area contributed by atoms with Gasteiger partial charge < -0.3 is 10.5 Å². The van der Waals surface area contributed by atoms with Gasteiger partial charge in [0.25, 0.3) is 0 Å². The van der Waals surface area contributed by atoms with Gasteiger partial charge in [-0.3, -0.25) is 4.98 Å². The van der Waals surface area contributed by atoms with E-state index in [0.717, 1.165) is 0 Å². The maximum Gasteiger partial charge on any atom is 0.244 e. The molecule has 2 rings (SSSR count). The van der Waals surface area contributed by atoms with Crippen LogP contribution in [0.5, 0.6) is 0 Å². The number of nitrogens with two attached hydrogens (primary N) is 1. The summed E-state index contributed by atoms with van der Waals surface area (Å²) in [4.78, 5) is 4.25. The van der Waals surface area contributed by atoms with Crippen LogP contribution in [0.25, 0.3) is 0 Å². The lowest BCUT2D eigenvalue weighted by molar-refractivity contribution is -0.0440. The summed E-state index contributed by atoms with van der Waals surface area (Å²) in [6.45, 7) is 4.38. The van der Waals surface area contributed by atoms with Crippen LogP contribution < -0.4 is 5.73 Å². The Hall–Kier alpha value is -1.09. The Labute approximate surface area is 124 Å². The molecule has 1 fully saturated rings. The van der Waals surface area contributed by atoms with Crippen LogP contribution in [-0.2, 0) is 14.8 Å². The Balaban J connectivity index is 2.27. The number of sulfonamides is 1. The fraction of sp³-hybridized carbons (Fsp3) is 0.500. The molecule has 20 heavy (non-hydrogen) atoms. The Bertz CT molecular complexity index is 591. The molecule has 2 unspecified atom stereocenters. The van der Waals surface area contributed by atoms with Gasteiger partial charge in [-0.15, -0.1) is 0 Å². The van der Waals surface area contributed by atoms with E-state index in [1.165, 1.54) is 22.6 Å². The number of rotatable bonds is 3. The van der Waals surface area contributed by atoms with Crippen molar-refractivity contribution < 1.29 is 13.2 Å². The van der Waals surface area contributed by atoms with E-state index in [1.807, 2.05) is 13.8 Å². The number of hydrogen-bond donors (Lipinski definition) is 1.